The molecule has 0 aromatic rings. The van der Waals surface area contributed by atoms with Crippen molar-refractivity contribution >= 4 is 96.5 Å². The summed E-state index contributed by atoms with van der Waals surface area (Å²) in [6.45, 7) is 30.2. The summed E-state index contributed by atoms with van der Waals surface area (Å²) < 4.78 is 43.9. The zero-order valence-electron chi connectivity index (χ0n) is 58.9. The van der Waals surface area contributed by atoms with E-state index < -0.39 is 25.0 Å². The van der Waals surface area contributed by atoms with Crippen molar-refractivity contribution in [3.8, 4) is 59.3 Å². The normalized spacial score (nSPS) is 10.4. The predicted octanol–water partition coefficient (Wildman–Crippen LogP) is 16.3. The lowest BCUT2D eigenvalue weighted by Crippen LogP contribution is -2.44. The summed E-state index contributed by atoms with van der Waals surface area (Å²) in [4.78, 5) is 69.4. The lowest BCUT2D eigenvalue weighted by atomic mass is 10.2. The van der Waals surface area contributed by atoms with Gasteiger partial charge in [-0.2, -0.15) is 0 Å². The second kappa shape index (κ2) is 88.9. The monoisotopic (exact) mass is 1500 g/mol. The number of halogens is 2. The summed E-state index contributed by atoms with van der Waals surface area (Å²) in [6.07, 6.45) is 33.1. The predicted molar refractivity (Wildman–Crippen MR) is 396 cm³/mol. The highest BCUT2D eigenvalue weighted by Crippen LogP contribution is 2.39. The van der Waals surface area contributed by atoms with Crippen molar-refractivity contribution in [2.75, 3.05) is 73.4 Å². The molecule has 0 spiro atoms. The van der Waals surface area contributed by atoms with Gasteiger partial charge in [-0.3, -0.25) is 19.2 Å². The zero-order chi connectivity index (χ0) is 72.4. The summed E-state index contributed by atoms with van der Waals surface area (Å²) in [5, 5.41) is 17.3. The Labute approximate surface area is 580 Å². The van der Waals surface area contributed by atoms with Gasteiger partial charge < -0.3 is 56.5 Å². The van der Waals surface area contributed by atoms with Gasteiger partial charge in [0, 0.05) is 89.1 Å². The zero-order valence-corrected chi connectivity index (χ0v) is 66.2. The Morgan fingerprint density at radius 2 is 0.946 bits per heavy atom. The van der Waals surface area contributed by atoms with E-state index in [0.29, 0.717) is 51.9 Å². The molecule has 0 aliphatic rings. The van der Waals surface area contributed by atoms with E-state index in [9.17, 15) is 24.0 Å². The molecule has 0 aromatic heterocycles. The van der Waals surface area contributed by atoms with Gasteiger partial charge in [0.1, 0.15) is 20.5 Å². The SMILES string of the molecule is C#CCCCCC(=O)OC.CC(C)(C)[Si](C)(C)O[C@@H](C=O)CC#C[Si](C)(C)C.CCC/C=C/C#CCCCCC(=O)OC.CCOP.CCOP(OCC)OCC.COC(=O)CCCCC#C/C=C/CBr.COC(=O)CCCCC#C/C=C/CO.O=O.OC/C=C/Br. The van der Waals surface area contributed by atoms with Gasteiger partial charge in [-0.05, 0) is 127 Å². The van der Waals surface area contributed by atoms with E-state index in [1.54, 1.807) is 23.2 Å². The summed E-state index contributed by atoms with van der Waals surface area (Å²) in [5.41, 5.74) is 3.28. The fourth-order valence-electron chi connectivity index (χ4n) is 4.83. The maximum absolute atomic E-state index is 11.1. The number of carbonyl (C=O) groups is 5. The minimum Gasteiger partial charge on any atom is -0.469 e. The van der Waals surface area contributed by atoms with Crippen molar-refractivity contribution in [1.82, 2.24) is 0 Å². The largest absolute Gasteiger partial charge is 0.469 e. The molecule has 18 nitrogen and oxygen atoms in total. The van der Waals surface area contributed by atoms with E-state index in [1.807, 2.05) is 45.9 Å². The molecule has 2 atom stereocenters. The van der Waals surface area contributed by atoms with E-state index in [4.69, 9.17) is 44.6 Å². The molecule has 0 aromatic carbocycles. The van der Waals surface area contributed by atoms with Gasteiger partial charge in [-0.25, -0.2) is 0 Å². The number of alkyl halides is 1. The number of allylic oxidation sites excluding steroid dienone is 5. The fraction of sp³-hybridized carbons (Fsp3) is 0.662. The molecule has 0 heterocycles. The molecular formula is C68H118Br2O18P2Si2. The fourth-order valence-corrected chi connectivity index (χ4v) is 7.92. The van der Waals surface area contributed by atoms with Crippen LogP contribution in [0.2, 0.25) is 37.8 Å². The van der Waals surface area contributed by atoms with Crippen LogP contribution in [0.3, 0.4) is 0 Å². The second-order valence-corrected chi connectivity index (χ2v) is 32.7. The molecule has 24 heteroatoms. The maximum Gasteiger partial charge on any atom is 0.332 e. The number of hydrogen-bond acceptors (Lipinski definition) is 18. The number of terminal acetylenes is 1. The van der Waals surface area contributed by atoms with E-state index in [2.05, 4.69) is 184 Å². The van der Waals surface area contributed by atoms with Crippen LogP contribution in [0.4, 0.5) is 0 Å². The Morgan fingerprint density at radius 1 is 0.587 bits per heavy atom. The molecule has 92 heavy (non-hydrogen) atoms. The first-order valence-corrected chi connectivity index (χ1v) is 40.8. The van der Waals surface area contributed by atoms with Gasteiger partial charge >= 0.3 is 32.5 Å². The minimum atomic E-state index is -1.87. The number of carbonyl (C=O) groups excluding carboxylic acids is 5. The summed E-state index contributed by atoms with van der Waals surface area (Å²) in [5.74, 6) is 22.7. The summed E-state index contributed by atoms with van der Waals surface area (Å²) in [6, 6.07) is 0. The lowest BCUT2D eigenvalue weighted by molar-refractivity contribution is -0.141. The number of aliphatic hydroxyl groups excluding tert-OH is 2. The van der Waals surface area contributed by atoms with Crippen LogP contribution >= 0.6 is 49.9 Å². The van der Waals surface area contributed by atoms with Crippen LogP contribution in [-0.2, 0) is 65.4 Å². The van der Waals surface area contributed by atoms with Crippen LogP contribution in [0, 0.1) is 69.3 Å². The first-order valence-electron chi connectivity index (χ1n) is 30.7. The number of methoxy groups -OCH3 is 4. The topological polar surface area (TPSA) is 243 Å². The Hall–Kier alpha value is -4.12. The number of ether oxygens (including phenoxy) is 4. The molecule has 0 aliphatic heterocycles. The minimum absolute atomic E-state index is 0.0248. The maximum atomic E-state index is 11.1. The average molecular weight is 1500 g/mol. The van der Waals surface area contributed by atoms with Crippen LogP contribution in [0.1, 0.15) is 177 Å². The Kier molecular flexibility index (Phi) is 103. The Bertz CT molecular complexity index is 2060. The van der Waals surface area contributed by atoms with Crippen molar-refractivity contribution in [3.05, 3.63) is 57.4 Å². The third kappa shape index (κ3) is 107. The van der Waals surface area contributed by atoms with E-state index in [1.165, 1.54) is 28.4 Å². The van der Waals surface area contributed by atoms with Crippen LogP contribution in [-0.4, -0.2) is 136 Å². The average Bonchev–Trinajstić information content (AvgIpc) is 0.965. The summed E-state index contributed by atoms with van der Waals surface area (Å²) in [7, 11) is 3.48. The highest BCUT2D eigenvalue weighted by molar-refractivity contribution is 9.11. The van der Waals surface area contributed by atoms with Crippen LogP contribution in [0.5, 0.6) is 0 Å². The van der Waals surface area contributed by atoms with E-state index >= 15 is 0 Å². The third-order valence-corrected chi connectivity index (χ3v) is 18.4. The number of aldehydes is 1. The van der Waals surface area contributed by atoms with Crippen LogP contribution in [0.25, 0.3) is 0 Å². The van der Waals surface area contributed by atoms with E-state index in [-0.39, 0.29) is 48.2 Å². The molecule has 0 amide bonds. The first kappa shape index (κ1) is 107. The lowest BCUT2D eigenvalue weighted by Gasteiger charge is -2.37. The molecule has 0 saturated carbocycles. The van der Waals surface area contributed by atoms with Crippen molar-refractivity contribution < 1.29 is 75.7 Å². The smallest absolute Gasteiger partial charge is 0.332 e. The molecule has 0 saturated heterocycles. The van der Waals surface area contributed by atoms with Crippen molar-refractivity contribution in [2.45, 2.75) is 221 Å². The molecular weight excluding hydrogens is 1380 g/mol. The highest BCUT2D eigenvalue weighted by atomic mass is 79.9. The van der Waals surface area contributed by atoms with Gasteiger partial charge in [-0.15, -0.1) is 23.8 Å². The summed E-state index contributed by atoms with van der Waals surface area (Å²) >= 11 is 6.23. The van der Waals surface area contributed by atoms with Crippen molar-refractivity contribution in [1.29, 1.82) is 0 Å². The Balaban J connectivity index is -0.000000125. The van der Waals surface area contributed by atoms with E-state index in [0.717, 1.165) is 108 Å². The number of rotatable bonds is 32. The molecule has 0 rings (SSSR count). The van der Waals surface area contributed by atoms with Crippen molar-refractivity contribution in [2.24, 2.45) is 0 Å². The van der Waals surface area contributed by atoms with Crippen molar-refractivity contribution in [3.63, 3.8) is 0 Å². The second-order valence-electron chi connectivity index (χ2n) is 20.4. The molecule has 0 aliphatic carbocycles. The third-order valence-electron chi connectivity index (χ3n) is 10.5. The Morgan fingerprint density at radius 3 is 1.21 bits per heavy atom. The first-order chi connectivity index (χ1) is 43.8. The molecule has 2 N–H and O–H groups in total. The van der Waals surface area contributed by atoms with Crippen LogP contribution < -0.4 is 0 Å². The van der Waals surface area contributed by atoms with Gasteiger partial charge in [0.25, 0.3) is 0 Å². The quantitative estimate of drug-likeness (QED) is 0.00929. The van der Waals surface area contributed by atoms with Crippen LogP contribution in [0.15, 0.2) is 47.5 Å². The highest BCUT2D eigenvalue weighted by Gasteiger charge is 2.39. The van der Waals surface area contributed by atoms with Gasteiger partial charge in [-0.1, -0.05) is 145 Å². The van der Waals surface area contributed by atoms with Gasteiger partial charge in [0.15, 0.2) is 8.32 Å². The van der Waals surface area contributed by atoms with Gasteiger partial charge in [0.05, 0.1) is 61.5 Å². The molecule has 0 bridgehead atoms. The standard InChI is InChI=1S/C14H28O2Si2.C13H20O2.C11H15BrO2.C11H16O3.C8H12O2.C6H15O3P.C3H5BrO.C2H7OP.O2/c1-14(2,3)18(7,8)16-13(12-15)10-9-11-17(4,5)6;1-3-4-5-6-7-8-9-10-11-12-13(14)15-2;2*1-14-11(13)9-7-5-3-2-4-6-8-10-12;1-3-4-5-6-7-8(9)10-2;1-4-7-10(8-5-2)9-6-3;4-2-1-3-5;1-2-3-4;1-2/h12-13H,10H2,1-8H3;5-6H,3-4,9-12H2,1-2H3;6,8H,3,5,7,9-10H2,1H3;6,8,12H,3,5,7,9-10H2,1H3;1H,4-7H2,2H3;4-6H2,1-3H3;1-2,5H,3H2;2,4H2,1H3;/b;6-5+;2*8-6+;;;2-1+;;/t13-;;;;;;;;/m1......../s1. The molecule has 0 radical (unpaired) electrons. The number of unbranched alkanes of at least 4 members (excludes halogenated alkanes) is 9. The number of aliphatic hydroxyl groups is 2. The number of hydrogen-bond donors (Lipinski definition) is 2. The number of esters is 4. The van der Waals surface area contributed by atoms with Gasteiger partial charge in [0.2, 0.25) is 0 Å². The molecule has 0 fully saturated rings. The molecule has 530 valence electrons. The molecule has 1 unspecified atom stereocenters.